The number of nitrogens with zero attached hydrogens (tertiary/aromatic N) is 2. The van der Waals surface area contributed by atoms with E-state index < -0.39 is 6.04 Å². The number of thioether (sulfide) groups is 1. The van der Waals surface area contributed by atoms with Crippen molar-refractivity contribution in [1.29, 1.82) is 5.26 Å². The van der Waals surface area contributed by atoms with Gasteiger partial charge >= 0.3 is 0 Å². The van der Waals surface area contributed by atoms with Crippen molar-refractivity contribution in [2.45, 2.75) is 24.3 Å². The first kappa shape index (κ1) is 19.7. The molecule has 0 fully saturated rings. The number of nitriles is 1. The Kier molecular flexibility index (Phi) is 6.52. The molecule has 3 aromatic carbocycles. The summed E-state index contributed by atoms with van der Waals surface area (Å²) in [5, 5.41) is 9.96. The summed E-state index contributed by atoms with van der Waals surface area (Å²) in [5.41, 5.74) is 3.57. The lowest BCUT2D eigenvalue weighted by atomic mass is 10.0. The number of hydrogen-bond donors (Lipinski definition) is 0. The van der Waals surface area contributed by atoms with E-state index in [1.54, 1.807) is 16.7 Å². The van der Waals surface area contributed by atoms with Gasteiger partial charge in [0, 0.05) is 10.6 Å². The summed E-state index contributed by atoms with van der Waals surface area (Å²) < 4.78 is 0. The molecule has 0 saturated carbocycles. The van der Waals surface area contributed by atoms with Crippen LogP contribution < -0.4 is 4.90 Å². The van der Waals surface area contributed by atoms with Gasteiger partial charge in [-0.2, -0.15) is 5.26 Å². The molecule has 0 saturated heterocycles. The van der Waals surface area contributed by atoms with E-state index >= 15 is 0 Å². The molecule has 1 unspecified atom stereocenters. The number of hydrogen-bond acceptors (Lipinski definition) is 3. The summed E-state index contributed by atoms with van der Waals surface area (Å²) in [4.78, 5) is 16.0. The van der Waals surface area contributed by atoms with Crippen LogP contribution in [0.15, 0.2) is 83.8 Å². The molecule has 0 N–H and O–H groups in total. The second-order valence-electron chi connectivity index (χ2n) is 6.57. The molecule has 0 bridgehead atoms. The summed E-state index contributed by atoms with van der Waals surface area (Å²) in [6, 6.07) is 26.8. The molecule has 140 valence electrons. The minimum Gasteiger partial charge on any atom is -0.291 e. The Hall–Kier alpha value is -3.03. The smallest absolute Gasteiger partial charge is 0.232 e. The van der Waals surface area contributed by atoms with Gasteiger partial charge < -0.3 is 0 Å². The van der Waals surface area contributed by atoms with E-state index in [4.69, 9.17) is 0 Å². The molecule has 1 amide bonds. The highest BCUT2D eigenvalue weighted by atomic mass is 32.2. The van der Waals surface area contributed by atoms with Crippen LogP contribution in [0.2, 0.25) is 0 Å². The van der Waals surface area contributed by atoms with Crippen molar-refractivity contribution in [1.82, 2.24) is 0 Å². The number of amides is 1. The quantitative estimate of drug-likeness (QED) is 0.521. The highest BCUT2D eigenvalue weighted by Gasteiger charge is 2.27. The van der Waals surface area contributed by atoms with Crippen LogP contribution in [0.4, 0.5) is 5.69 Å². The van der Waals surface area contributed by atoms with Gasteiger partial charge in [0.1, 0.15) is 6.04 Å². The second-order valence-corrected chi connectivity index (χ2v) is 7.45. The van der Waals surface area contributed by atoms with E-state index in [1.807, 2.05) is 92.0 Å². The van der Waals surface area contributed by atoms with E-state index in [1.165, 1.54) is 0 Å². The Morgan fingerprint density at radius 2 is 1.64 bits per heavy atom. The Morgan fingerprint density at radius 3 is 2.21 bits per heavy atom. The van der Waals surface area contributed by atoms with Crippen LogP contribution in [-0.2, 0) is 11.2 Å². The Balaban J connectivity index is 1.99. The maximum Gasteiger partial charge on any atom is 0.232 e. The van der Waals surface area contributed by atoms with Crippen molar-refractivity contribution >= 4 is 23.4 Å². The van der Waals surface area contributed by atoms with Crippen molar-refractivity contribution in [3.63, 3.8) is 0 Å². The molecular formula is C24H22N2OS. The van der Waals surface area contributed by atoms with Crippen LogP contribution >= 0.6 is 11.8 Å². The van der Waals surface area contributed by atoms with Crippen LogP contribution in [0, 0.1) is 18.3 Å². The van der Waals surface area contributed by atoms with Crippen LogP contribution in [0.5, 0.6) is 0 Å². The topological polar surface area (TPSA) is 44.1 Å². The van der Waals surface area contributed by atoms with Crippen molar-refractivity contribution in [2.75, 3.05) is 11.2 Å². The van der Waals surface area contributed by atoms with Crippen molar-refractivity contribution < 1.29 is 4.79 Å². The third-order valence-electron chi connectivity index (χ3n) is 4.59. The monoisotopic (exact) mass is 386 g/mol. The number of aryl methyl sites for hydroxylation is 1. The molecule has 0 aromatic heterocycles. The fraction of sp³-hybridized carbons (Fsp3) is 0.167. The van der Waals surface area contributed by atoms with Crippen LogP contribution in [0.3, 0.4) is 0 Å². The molecule has 3 rings (SSSR count). The molecule has 0 radical (unpaired) electrons. The molecule has 1 atom stereocenters. The molecule has 0 aliphatic carbocycles. The normalized spacial score (nSPS) is 11.5. The number of carbonyl (C=O) groups is 1. The van der Waals surface area contributed by atoms with Gasteiger partial charge in [-0.1, -0.05) is 60.2 Å². The number of anilines is 1. The minimum atomic E-state index is -0.685. The maximum atomic E-state index is 13.3. The van der Waals surface area contributed by atoms with Crippen LogP contribution in [-0.4, -0.2) is 12.2 Å². The number of rotatable bonds is 6. The SMILES string of the molecule is CSc1ccc(C(C#N)N(C(=O)Cc2ccccc2)c2ccc(C)cc2)cc1. The third-order valence-corrected chi connectivity index (χ3v) is 5.33. The summed E-state index contributed by atoms with van der Waals surface area (Å²) >= 11 is 1.65. The molecule has 3 nitrogen and oxygen atoms in total. The van der Waals surface area contributed by atoms with E-state index in [9.17, 15) is 10.1 Å². The fourth-order valence-electron chi connectivity index (χ4n) is 3.07. The zero-order valence-corrected chi connectivity index (χ0v) is 16.8. The Labute approximate surface area is 170 Å². The number of carbonyl (C=O) groups excluding carboxylic acids is 1. The van der Waals surface area contributed by atoms with E-state index in [0.29, 0.717) is 0 Å². The van der Waals surface area contributed by atoms with Gasteiger partial charge in [0.25, 0.3) is 0 Å². The summed E-state index contributed by atoms with van der Waals surface area (Å²) in [6.07, 6.45) is 2.26. The van der Waals surface area contributed by atoms with Gasteiger partial charge in [-0.15, -0.1) is 11.8 Å². The first-order valence-electron chi connectivity index (χ1n) is 9.08. The lowest BCUT2D eigenvalue weighted by Gasteiger charge is -2.28. The fourth-order valence-corrected chi connectivity index (χ4v) is 3.47. The Bertz CT molecular complexity index is 960. The summed E-state index contributed by atoms with van der Waals surface area (Å²) in [7, 11) is 0. The van der Waals surface area contributed by atoms with Gasteiger partial charge in [0.05, 0.1) is 12.5 Å². The standard InChI is InChI=1S/C24H22N2OS/c1-18-8-12-21(13-9-18)26(24(27)16-19-6-4-3-5-7-19)23(17-25)20-10-14-22(28-2)15-11-20/h3-15,23H,16H2,1-2H3. The molecular weight excluding hydrogens is 364 g/mol. The zero-order chi connectivity index (χ0) is 19.9. The maximum absolute atomic E-state index is 13.3. The van der Waals surface area contributed by atoms with E-state index in [2.05, 4.69) is 6.07 Å². The largest absolute Gasteiger partial charge is 0.291 e. The predicted octanol–water partition coefficient (Wildman–Crippen LogP) is 5.56. The van der Waals surface area contributed by atoms with Crippen LogP contribution in [0.25, 0.3) is 0 Å². The van der Waals surface area contributed by atoms with Gasteiger partial charge in [0.2, 0.25) is 5.91 Å². The molecule has 0 aliphatic rings. The van der Waals surface area contributed by atoms with Gasteiger partial charge in [-0.3, -0.25) is 9.69 Å². The summed E-state index contributed by atoms with van der Waals surface area (Å²) in [5.74, 6) is -0.101. The molecule has 3 aromatic rings. The first-order chi connectivity index (χ1) is 13.6. The summed E-state index contributed by atoms with van der Waals surface area (Å²) in [6.45, 7) is 2.00. The average molecular weight is 387 g/mol. The third kappa shape index (κ3) is 4.62. The first-order valence-corrected chi connectivity index (χ1v) is 10.3. The molecule has 0 heterocycles. The predicted molar refractivity (Wildman–Crippen MR) is 115 cm³/mol. The van der Waals surface area contributed by atoms with Crippen molar-refractivity contribution in [3.8, 4) is 6.07 Å². The zero-order valence-electron chi connectivity index (χ0n) is 16.0. The minimum absolute atomic E-state index is 0.101. The number of benzene rings is 3. The molecule has 0 spiro atoms. The van der Waals surface area contributed by atoms with E-state index in [-0.39, 0.29) is 12.3 Å². The lowest BCUT2D eigenvalue weighted by Crippen LogP contribution is -2.35. The van der Waals surface area contributed by atoms with Gasteiger partial charge in [0.15, 0.2) is 0 Å². The highest BCUT2D eigenvalue weighted by Crippen LogP contribution is 2.29. The van der Waals surface area contributed by atoms with Crippen molar-refractivity contribution in [2.24, 2.45) is 0 Å². The highest BCUT2D eigenvalue weighted by molar-refractivity contribution is 7.98. The van der Waals surface area contributed by atoms with Gasteiger partial charge in [-0.05, 0) is 48.6 Å². The molecule has 28 heavy (non-hydrogen) atoms. The van der Waals surface area contributed by atoms with Crippen LogP contribution in [0.1, 0.15) is 22.7 Å². The lowest BCUT2D eigenvalue weighted by molar-refractivity contribution is -0.118. The molecule has 0 aliphatic heterocycles. The van der Waals surface area contributed by atoms with Gasteiger partial charge in [-0.25, -0.2) is 0 Å². The Morgan fingerprint density at radius 1 is 1.00 bits per heavy atom. The van der Waals surface area contributed by atoms with E-state index in [0.717, 1.165) is 27.3 Å². The molecule has 4 heteroatoms. The second kappa shape index (κ2) is 9.25. The van der Waals surface area contributed by atoms with Crippen molar-refractivity contribution in [3.05, 3.63) is 95.6 Å². The average Bonchev–Trinajstić information content (AvgIpc) is 2.73.